The van der Waals surface area contributed by atoms with Gasteiger partial charge in [0.05, 0.1) is 6.61 Å². The van der Waals surface area contributed by atoms with Crippen molar-refractivity contribution in [2.45, 2.75) is 32.6 Å². The molecule has 0 aliphatic carbocycles. The highest BCUT2D eigenvalue weighted by Gasteiger charge is 2.15. The number of hydrogen-bond acceptors (Lipinski definition) is 4. The molecule has 5 nitrogen and oxygen atoms in total. The van der Waals surface area contributed by atoms with Gasteiger partial charge in [-0.25, -0.2) is 20.6 Å². The van der Waals surface area contributed by atoms with Crippen molar-refractivity contribution in [3.63, 3.8) is 0 Å². The molecule has 12 heavy (non-hydrogen) atoms. The van der Waals surface area contributed by atoms with Gasteiger partial charge in [0.1, 0.15) is 0 Å². The van der Waals surface area contributed by atoms with Crippen LogP contribution in [0.15, 0.2) is 0 Å². The Bertz CT molecular complexity index is 154. The highest BCUT2D eigenvalue weighted by molar-refractivity contribution is 7.51. The molecule has 74 valence electrons. The van der Waals surface area contributed by atoms with Crippen molar-refractivity contribution >= 4 is 7.75 Å². The third kappa shape index (κ3) is 6.76. The molecular weight excluding hydrogens is 179 g/mol. The van der Waals surface area contributed by atoms with Crippen LogP contribution in [0.2, 0.25) is 0 Å². The van der Waals surface area contributed by atoms with E-state index >= 15 is 0 Å². The van der Waals surface area contributed by atoms with Gasteiger partial charge in [-0.15, -0.1) is 0 Å². The molecule has 0 aromatic rings. The highest BCUT2D eigenvalue weighted by Crippen LogP contribution is 2.36. The van der Waals surface area contributed by atoms with E-state index in [0.29, 0.717) is 6.61 Å². The zero-order valence-electron chi connectivity index (χ0n) is 7.36. The van der Waals surface area contributed by atoms with E-state index in [1.807, 2.05) is 0 Å². The van der Waals surface area contributed by atoms with Crippen LogP contribution in [0.5, 0.6) is 0 Å². The van der Waals surface area contributed by atoms with Gasteiger partial charge in [-0.2, -0.15) is 0 Å². The van der Waals surface area contributed by atoms with E-state index in [1.54, 1.807) is 0 Å². The summed E-state index contributed by atoms with van der Waals surface area (Å²) in [4.78, 5) is 0. The fraction of sp³-hybridized carbons (Fsp3) is 1.00. The SMILES string of the molecule is CCCCCCOP(N)(=O)ON. The molecule has 6 heteroatoms. The third-order valence-electron chi connectivity index (χ3n) is 1.42. The second-order valence-corrected chi connectivity index (χ2v) is 4.09. The maximum atomic E-state index is 10.8. The standard InChI is InChI=1S/C6H17N2O3P/c1-2-3-4-5-6-10-12(8,9)11-7/h2-7H2,1H3,(H2,8,9). The highest BCUT2D eigenvalue weighted by atomic mass is 31.2. The van der Waals surface area contributed by atoms with Crippen molar-refractivity contribution in [1.29, 1.82) is 0 Å². The topological polar surface area (TPSA) is 87.6 Å². The summed E-state index contributed by atoms with van der Waals surface area (Å²) in [5, 5.41) is 0. The van der Waals surface area contributed by atoms with Gasteiger partial charge in [-0.1, -0.05) is 26.2 Å². The Morgan fingerprint density at radius 1 is 1.33 bits per heavy atom. The van der Waals surface area contributed by atoms with Crippen LogP contribution < -0.4 is 11.4 Å². The van der Waals surface area contributed by atoms with Crippen molar-refractivity contribution in [2.75, 3.05) is 6.61 Å². The average Bonchev–Trinajstić information content (AvgIpc) is 2.04. The summed E-state index contributed by atoms with van der Waals surface area (Å²) in [6.45, 7) is 2.45. The predicted octanol–water partition coefficient (Wildman–Crippen LogP) is 1.54. The van der Waals surface area contributed by atoms with E-state index < -0.39 is 7.75 Å². The molecule has 0 aromatic heterocycles. The first-order valence-electron chi connectivity index (χ1n) is 4.04. The van der Waals surface area contributed by atoms with Crippen LogP contribution >= 0.6 is 7.75 Å². The minimum atomic E-state index is -3.44. The van der Waals surface area contributed by atoms with E-state index in [-0.39, 0.29) is 0 Å². The minimum absolute atomic E-state index is 0.338. The average molecular weight is 196 g/mol. The Morgan fingerprint density at radius 2 is 2.00 bits per heavy atom. The van der Waals surface area contributed by atoms with Crippen LogP contribution in [-0.2, 0) is 13.7 Å². The molecule has 0 aliphatic rings. The van der Waals surface area contributed by atoms with Crippen molar-refractivity contribution < 1.29 is 13.7 Å². The van der Waals surface area contributed by atoms with Gasteiger partial charge in [-0.3, -0.25) is 4.52 Å². The molecule has 0 saturated carbocycles. The lowest BCUT2D eigenvalue weighted by molar-refractivity contribution is 0.204. The molecule has 0 fully saturated rings. The zero-order valence-corrected chi connectivity index (χ0v) is 8.26. The molecule has 1 atom stereocenters. The van der Waals surface area contributed by atoms with Gasteiger partial charge in [-0.05, 0) is 6.42 Å². The molecule has 0 heterocycles. The Balaban J connectivity index is 3.25. The first-order chi connectivity index (χ1) is 5.62. The van der Waals surface area contributed by atoms with Gasteiger partial charge in [0.15, 0.2) is 0 Å². The Hall–Kier alpha value is 0.0700. The van der Waals surface area contributed by atoms with E-state index in [1.165, 1.54) is 0 Å². The summed E-state index contributed by atoms with van der Waals surface area (Å²) in [7, 11) is -3.44. The summed E-state index contributed by atoms with van der Waals surface area (Å²) in [6.07, 6.45) is 4.16. The maximum absolute atomic E-state index is 10.8. The van der Waals surface area contributed by atoms with Gasteiger partial charge < -0.3 is 0 Å². The maximum Gasteiger partial charge on any atom is 0.419 e. The van der Waals surface area contributed by atoms with Crippen molar-refractivity contribution in [2.24, 2.45) is 11.4 Å². The van der Waals surface area contributed by atoms with Crippen molar-refractivity contribution in [1.82, 2.24) is 0 Å². The van der Waals surface area contributed by atoms with Crippen LogP contribution in [0.25, 0.3) is 0 Å². The Morgan fingerprint density at radius 3 is 2.50 bits per heavy atom. The summed E-state index contributed by atoms with van der Waals surface area (Å²) < 4.78 is 19.5. The summed E-state index contributed by atoms with van der Waals surface area (Å²) in [5.41, 5.74) is 5.02. The lowest BCUT2D eigenvalue weighted by Crippen LogP contribution is -2.08. The van der Waals surface area contributed by atoms with Crippen LogP contribution in [0, 0.1) is 0 Å². The number of hydrogen-bond donors (Lipinski definition) is 2. The second-order valence-electron chi connectivity index (χ2n) is 2.54. The largest absolute Gasteiger partial charge is 0.419 e. The number of rotatable bonds is 7. The van der Waals surface area contributed by atoms with Gasteiger partial charge in [0.2, 0.25) is 0 Å². The Labute approximate surface area is 72.9 Å². The number of unbranched alkanes of at least 4 members (excludes halogenated alkanes) is 3. The normalized spacial score (nSPS) is 15.9. The fourth-order valence-corrected chi connectivity index (χ4v) is 1.20. The molecule has 0 bridgehead atoms. The van der Waals surface area contributed by atoms with Gasteiger partial charge in [0.25, 0.3) is 0 Å². The zero-order chi connectivity index (χ0) is 9.45. The van der Waals surface area contributed by atoms with E-state index in [4.69, 9.17) is 10.0 Å². The molecule has 0 aliphatic heterocycles. The van der Waals surface area contributed by atoms with Gasteiger partial charge in [0, 0.05) is 0 Å². The van der Waals surface area contributed by atoms with Gasteiger partial charge >= 0.3 is 7.75 Å². The first kappa shape index (κ1) is 12.1. The number of nitrogens with two attached hydrogens (primary N) is 2. The molecule has 0 aromatic carbocycles. The van der Waals surface area contributed by atoms with E-state index in [2.05, 4.69) is 17.4 Å². The minimum Gasteiger partial charge on any atom is -0.296 e. The fourth-order valence-electron chi connectivity index (χ4n) is 0.751. The van der Waals surface area contributed by atoms with E-state index in [9.17, 15) is 4.57 Å². The third-order valence-corrected chi connectivity index (χ3v) is 2.25. The Kier molecular flexibility index (Phi) is 6.61. The smallest absolute Gasteiger partial charge is 0.296 e. The lowest BCUT2D eigenvalue weighted by atomic mass is 10.2. The molecular formula is C6H17N2O3P. The molecule has 0 saturated heterocycles. The molecule has 1 unspecified atom stereocenters. The monoisotopic (exact) mass is 196 g/mol. The van der Waals surface area contributed by atoms with Crippen molar-refractivity contribution in [3.8, 4) is 0 Å². The molecule has 0 amide bonds. The molecule has 4 N–H and O–H groups in total. The van der Waals surface area contributed by atoms with Crippen LogP contribution in [0.3, 0.4) is 0 Å². The second kappa shape index (κ2) is 6.57. The first-order valence-corrected chi connectivity index (χ1v) is 5.65. The van der Waals surface area contributed by atoms with Crippen LogP contribution in [-0.4, -0.2) is 6.61 Å². The lowest BCUT2D eigenvalue weighted by Gasteiger charge is -2.08. The molecule has 0 radical (unpaired) electrons. The summed E-state index contributed by atoms with van der Waals surface area (Å²) in [5.74, 6) is 4.63. The summed E-state index contributed by atoms with van der Waals surface area (Å²) >= 11 is 0. The molecule has 0 rings (SSSR count). The van der Waals surface area contributed by atoms with Crippen LogP contribution in [0.1, 0.15) is 32.6 Å². The van der Waals surface area contributed by atoms with Crippen molar-refractivity contribution in [3.05, 3.63) is 0 Å². The quantitative estimate of drug-likeness (QED) is 0.366. The van der Waals surface area contributed by atoms with E-state index in [0.717, 1.165) is 25.7 Å². The summed E-state index contributed by atoms with van der Waals surface area (Å²) in [6, 6.07) is 0. The predicted molar refractivity (Wildman–Crippen MR) is 47.2 cm³/mol. The molecule has 0 spiro atoms. The van der Waals surface area contributed by atoms with Crippen LogP contribution in [0.4, 0.5) is 0 Å².